The number of hydrogen-bond acceptors (Lipinski definition) is 4. The highest BCUT2D eigenvalue weighted by molar-refractivity contribution is 5.93. The monoisotopic (exact) mass is 516 g/mol. The molecule has 4 N–H and O–H groups in total. The molecule has 5 rings (SSSR count). The number of benzene rings is 2. The van der Waals surface area contributed by atoms with E-state index in [-0.39, 0.29) is 41.0 Å². The second kappa shape index (κ2) is 10.6. The fourth-order valence-electron chi connectivity index (χ4n) is 6.65. The van der Waals surface area contributed by atoms with Crippen LogP contribution in [0.15, 0.2) is 48.5 Å². The van der Waals surface area contributed by atoms with Gasteiger partial charge in [0.1, 0.15) is 6.04 Å². The number of carbonyl (C=O) groups is 3. The normalized spacial score (nSPS) is 21.1. The van der Waals surface area contributed by atoms with E-state index in [0.717, 1.165) is 74.7 Å². The lowest BCUT2D eigenvalue weighted by atomic mass is 9.65. The molecule has 200 valence electrons. The van der Waals surface area contributed by atoms with E-state index in [1.54, 1.807) is 12.1 Å². The van der Waals surface area contributed by atoms with Gasteiger partial charge in [-0.15, -0.1) is 0 Å². The third kappa shape index (κ3) is 5.17. The van der Waals surface area contributed by atoms with Gasteiger partial charge in [-0.1, -0.05) is 36.4 Å². The average Bonchev–Trinajstić information content (AvgIpc) is 2.93. The molecule has 0 bridgehead atoms. The van der Waals surface area contributed by atoms with E-state index in [1.807, 2.05) is 34.1 Å². The number of carboxylic acids is 1. The van der Waals surface area contributed by atoms with E-state index in [1.165, 1.54) is 12.1 Å². The van der Waals surface area contributed by atoms with Crippen LogP contribution in [0.4, 0.5) is 0 Å². The van der Waals surface area contributed by atoms with Gasteiger partial charge in [-0.2, -0.15) is 0 Å². The Labute approximate surface area is 223 Å². The van der Waals surface area contributed by atoms with Crippen molar-refractivity contribution in [2.45, 2.75) is 57.4 Å². The molecule has 1 saturated carbocycles. The number of piperidine rings is 1. The van der Waals surface area contributed by atoms with Crippen LogP contribution in [-0.2, 0) is 22.4 Å². The quantitative estimate of drug-likeness (QED) is 0.410. The molecule has 1 saturated heterocycles. The van der Waals surface area contributed by atoms with Crippen LogP contribution >= 0.6 is 0 Å². The summed E-state index contributed by atoms with van der Waals surface area (Å²) in [5, 5.41) is 16.9. The molecule has 2 aromatic rings. The van der Waals surface area contributed by atoms with Gasteiger partial charge in [-0.25, -0.2) is 4.79 Å². The molecule has 8 heteroatoms. The van der Waals surface area contributed by atoms with Crippen LogP contribution < -0.4 is 5.73 Å². The summed E-state index contributed by atoms with van der Waals surface area (Å²) in [7, 11) is 0. The van der Waals surface area contributed by atoms with Crippen molar-refractivity contribution in [3.05, 3.63) is 70.8 Å². The van der Waals surface area contributed by atoms with Crippen molar-refractivity contribution in [2.75, 3.05) is 19.6 Å². The lowest BCUT2D eigenvalue weighted by Crippen LogP contribution is -2.49. The summed E-state index contributed by atoms with van der Waals surface area (Å²) in [6, 6.07) is 13.7. The molecule has 3 aliphatic rings. The third-order valence-electron chi connectivity index (χ3n) is 9.01. The van der Waals surface area contributed by atoms with E-state index in [2.05, 4.69) is 0 Å². The number of carbonyl (C=O) groups excluding carboxylic acids is 2. The van der Waals surface area contributed by atoms with E-state index in [4.69, 9.17) is 11.1 Å². The number of nitrogens with one attached hydrogen (secondary N) is 1. The van der Waals surface area contributed by atoms with E-state index < -0.39 is 12.0 Å². The fourth-order valence-corrected chi connectivity index (χ4v) is 6.65. The van der Waals surface area contributed by atoms with Crippen molar-refractivity contribution in [3.8, 4) is 0 Å². The van der Waals surface area contributed by atoms with E-state index in [9.17, 15) is 19.5 Å². The maximum Gasteiger partial charge on any atom is 0.335 e. The van der Waals surface area contributed by atoms with Crippen LogP contribution in [0.25, 0.3) is 0 Å². The molecule has 0 radical (unpaired) electrons. The molecule has 8 nitrogen and oxygen atoms in total. The smallest absolute Gasteiger partial charge is 0.335 e. The first kappa shape index (κ1) is 25.9. The first-order valence-electron chi connectivity index (χ1n) is 13.6. The minimum atomic E-state index is -1.00. The Kier molecular flexibility index (Phi) is 7.23. The maximum absolute atomic E-state index is 13.9. The van der Waals surface area contributed by atoms with E-state index >= 15 is 0 Å². The van der Waals surface area contributed by atoms with Gasteiger partial charge in [-0.05, 0) is 79.2 Å². The van der Waals surface area contributed by atoms with Gasteiger partial charge in [-0.3, -0.25) is 15.0 Å². The van der Waals surface area contributed by atoms with Crippen LogP contribution in [-0.4, -0.2) is 58.2 Å². The Balaban J connectivity index is 1.30. The van der Waals surface area contributed by atoms with Crippen LogP contribution in [0, 0.1) is 16.7 Å². The van der Waals surface area contributed by atoms with Gasteiger partial charge >= 0.3 is 5.97 Å². The second-order valence-corrected chi connectivity index (χ2v) is 11.2. The molecule has 1 atom stereocenters. The number of nitrogens with two attached hydrogens (primary N) is 1. The zero-order valence-electron chi connectivity index (χ0n) is 21.7. The van der Waals surface area contributed by atoms with Crippen molar-refractivity contribution < 1.29 is 19.5 Å². The summed E-state index contributed by atoms with van der Waals surface area (Å²) in [5.74, 6) is -0.906. The number of carboxylic acid groups (broad SMARTS) is 1. The van der Waals surface area contributed by atoms with E-state index in [0.29, 0.717) is 6.54 Å². The molecule has 2 fully saturated rings. The second-order valence-electron chi connectivity index (χ2n) is 11.2. The standard InChI is InChI=1S/C30H36N4O4/c31-29(32)33-17-14-30(15-18-33)12-9-22(10-13-30)27(36)34-16-11-21-3-1-2-4-24(21)26(34)25(35)19-20-5-7-23(8-6-20)28(37)38/h1-8,22,26H,9-19H2,(H3,31,32)(H,37,38)/t26-/m0/s1. The van der Waals surface area contributed by atoms with Crippen LogP contribution in [0.2, 0.25) is 0 Å². The molecule has 0 aromatic heterocycles. The topological polar surface area (TPSA) is 128 Å². The maximum atomic E-state index is 13.9. The van der Waals surface area contributed by atoms with Gasteiger partial charge in [0.15, 0.2) is 11.7 Å². The molecule has 1 spiro atoms. The van der Waals surface area contributed by atoms with Crippen LogP contribution in [0.5, 0.6) is 0 Å². The summed E-state index contributed by atoms with van der Waals surface area (Å²) >= 11 is 0. The Hall–Kier alpha value is -3.68. The fraction of sp³-hybridized carbons (Fsp3) is 0.467. The van der Waals surface area contributed by atoms with Crippen molar-refractivity contribution in [1.29, 1.82) is 5.41 Å². The summed E-state index contributed by atoms with van der Waals surface area (Å²) in [4.78, 5) is 42.6. The molecular formula is C30H36N4O4. The number of Topliss-reactive ketones (excluding diaryl/α,β-unsaturated/α-hetero) is 1. The highest BCUT2D eigenvalue weighted by Crippen LogP contribution is 2.47. The molecule has 1 amide bonds. The third-order valence-corrected chi connectivity index (χ3v) is 9.01. The zero-order valence-corrected chi connectivity index (χ0v) is 21.7. The Bertz CT molecular complexity index is 1220. The molecule has 2 aromatic carbocycles. The van der Waals surface area contributed by atoms with Gasteiger partial charge in [0, 0.05) is 32.0 Å². The SMILES string of the molecule is N=C(N)N1CCC2(CCC(C(=O)N3CCc4ccccc4[C@H]3C(=O)Cc3ccc(C(=O)O)cc3)CC2)CC1. The predicted molar refractivity (Wildman–Crippen MR) is 144 cm³/mol. The summed E-state index contributed by atoms with van der Waals surface area (Å²) in [5.41, 5.74) is 8.85. The Morgan fingerprint density at radius 2 is 1.61 bits per heavy atom. The molecule has 38 heavy (non-hydrogen) atoms. The van der Waals surface area contributed by atoms with Crippen molar-refractivity contribution >= 4 is 23.6 Å². The number of guanidine groups is 1. The van der Waals surface area contributed by atoms with Gasteiger partial charge in [0.05, 0.1) is 5.56 Å². The molecule has 2 aliphatic heterocycles. The van der Waals surface area contributed by atoms with Gasteiger partial charge in [0.25, 0.3) is 0 Å². The van der Waals surface area contributed by atoms with Crippen molar-refractivity contribution in [3.63, 3.8) is 0 Å². The highest BCUT2D eigenvalue weighted by atomic mass is 16.4. The molecular weight excluding hydrogens is 480 g/mol. The number of likely N-dealkylation sites (tertiary alicyclic amines) is 1. The summed E-state index contributed by atoms with van der Waals surface area (Å²) in [6.45, 7) is 2.14. The van der Waals surface area contributed by atoms with Crippen molar-refractivity contribution in [2.24, 2.45) is 17.1 Å². The summed E-state index contributed by atoms with van der Waals surface area (Å²) in [6.07, 6.45) is 6.53. The Morgan fingerprint density at radius 3 is 2.24 bits per heavy atom. The van der Waals surface area contributed by atoms with Crippen LogP contribution in [0.1, 0.15) is 71.6 Å². The molecule has 0 unspecified atom stereocenters. The lowest BCUT2D eigenvalue weighted by molar-refractivity contribution is -0.145. The van der Waals surface area contributed by atoms with Gasteiger partial charge < -0.3 is 20.6 Å². The number of fused-ring (bicyclic) bond motifs is 1. The number of aromatic carboxylic acids is 1. The number of rotatable bonds is 5. The highest BCUT2D eigenvalue weighted by Gasteiger charge is 2.43. The minimum Gasteiger partial charge on any atom is -0.478 e. The number of nitrogens with zero attached hydrogens (tertiary/aromatic N) is 2. The predicted octanol–water partition coefficient (Wildman–Crippen LogP) is 3.79. The number of hydrogen-bond donors (Lipinski definition) is 3. The van der Waals surface area contributed by atoms with Crippen LogP contribution in [0.3, 0.4) is 0 Å². The Morgan fingerprint density at radius 1 is 0.947 bits per heavy atom. The van der Waals surface area contributed by atoms with Crippen molar-refractivity contribution in [1.82, 2.24) is 9.80 Å². The average molecular weight is 517 g/mol. The minimum absolute atomic E-state index is 0.0440. The molecule has 2 heterocycles. The zero-order chi connectivity index (χ0) is 26.9. The largest absolute Gasteiger partial charge is 0.478 e. The number of ketones is 1. The number of amides is 1. The molecule has 1 aliphatic carbocycles. The first-order chi connectivity index (χ1) is 18.3. The first-order valence-corrected chi connectivity index (χ1v) is 13.6. The van der Waals surface area contributed by atoms with Gasteiger partial charge in [0.2, 0.25) is 5.91 Å². The summed E-state index contributed by atoms with van der Waals surface area (Å²) < 4.78 is 0. The lowest BCUT2D eigenvalue weighted by Gasteiger charge is -2.47.